The monoisotopic (exact) mass is 379 g/mol. The third-order valence-corrected chi connectivity index (χ3v) is 3.68. The summed E-state index contributed by atoms with van der Waals surface area (Å²) in [5, 5.41) is 1.29. The van der Waals surface area contributed by atoms with E-state index in [1.54, 1.807) is 7.11 Å². The summed E-state index contributed by atoms with van der Waals surface area (Å²) in [5.41, 5.74) is 1.26. The topological polar surface area (TPSA) is 14.2 Å². The molecule has 2 aromatic rings. The molecule has 4 heteroatoms. The molecule has 0 fully saturated rings. The number of hydrogen-bond acceptors (Lipinski definition) is 1. The SMILES string of the molecule is COCCn1cc(I)c2cc(Br)ccc21. The van der Waals surface area contributed by atoms with Crippen LogP contribution in [0.15, 0.2) is 28.9 Å². The Morgan fingerprint density at radius 2 is 2.27 bits per heavy atom. The fourth-order valence-electron chi connectivity index (χ4n) is 1.60. The van der Waals surface area contributed by atoms with Crippen LogP contribution in [0.5, 0.6) is 0 Å². The predicted molar refractivity (Wildman–Crippen MR) is 74.2 cm³/mol. The van der Waals surface area contributed by atoms with E-state index in [0.717, 1.165) is 17.6 Å². The number of rotatable bonds is 3. The molecule has 0 aliphatic rings. The summed E-state index contributed by atoms with van der Waals surface area (Å²) in [6.45, 7) is 1.65. The number of halogens is 2. The first-order chi connectivity index (χ1) is 7.22. The maximum atomic E-state index is 5.10. The molecule has 1 aromatic carbocycles. The van der Waals surface area contributed by atoms with Crippen molar-refractivity contribution in [2.45, 2.75) is 6.54 Å². The first kappa shape index (κ1) is 11.4. The summed E-state index contributed by atoms with van der Waals surface area (Å²) in [6, 6.07) is 6.36. The van der Waals surface area contributed by atoms with Gasteiger partial charge in [-0.25, -0.2) is 0 Å². The van der Waals surface area contributed by atoms with Crippen LogP contribution in [0.3, 0.4) is 0 Å². The molecule has 80 valence electrons. The van der Waals surface area contributed by atoms with Gasteiger partial charge in [0.25, 0.3) is 0 Å². The van der Waals surface area contributed by atoms with Crippen molar-refractivity contribution >= 4 is 49.4 Å². The molecule has 0 saturated carbocycles. The molecule has 0 N–H and O–H groups in total. The Morgan fingerprint density at radius 1 is 1.47 bits per heavy atom. The van der Waals surface area contributed by atoms with E-state index in [1.165, 1.54) is 14.5 Å². The Bertz CT molecular complexity index is 481. The van der Waals surface area contributed by atoms with E-state index in [4.69, 9.17) is 4.74 Å². The van der Waals surface area contributed by atoms with E-state index >= 15 is 0 Å². The second kappa shape index (κ2) is 4.84. The van der Waals surface area contributed by atoms with Crippen molar-refractivity contribution in [1.29, 1.82) is 0 Å². The van der Waals surface area contributed by atoms with Crippen LogP contribution >= 0.6 is 38.5 Å². The van der Waals surface area contributed by atoms with Gasteiger partial charge in [-0.1, -0.05) is 15.9 Å². The minimum atomic E-state index is 0.746. The highest BCUT2D eigenvalue weighted by Gasteiger charge is 2.06. The molecule has 0 unspecified atom stereocenters. The van der Waals surface area contributed by atoms with Crippen molar-refractivity contribution in [2.75, 3.05) is 13.7 Å². The Kier molecular flexibility index (Phi) is 3.69. The van der Waals surface area contributed by atoms with Crippen LogP contribution in [0.1, 0.15) is 0 Å². The highest BCUT2D eigenvalue weighted by Crippen LogP contribution is 2.26. The Balaban J connectivity index is 2.48. The lowest BCUT2D eigenvalue weighted by Gasteiger charge is -2.03. The van der Waals surface area contributed by atoms with Crippen molar-refractivity contribution in [3.63, 3.8) is 0 Å². The average molecular weight is 380 g/mol. The second-order valence-electron chi connectivity index (χ2n) is 3.32. The van der Waals surface area contributed by atoms with Crippen LogP contribution in [0.2, 0.25) is 0 Å². The first-order valence-electron chi connectivity index (χ1n) is 4.65. The van der Waals surface area contributed by atoms with Crippen LogP contribution in [0, 0.1) is 3.57 Å². The molecule has 2 nitrogen and oxygen atoms in total. The molecule has 0 saturated heterocycles. The molecular formula is C11H11BrINO. The van der Waals surface area contributed by atoms with Crippen molar-refractivity contribution in [2.24, 2.45) is 0 Å². The van der Waals surface area contributed by atoms with Gasteiger partial charge in [0.05, 0.1) is 6.61 Å². The summed E-state index contributed by atoms with van der Waals surface area (Å²) in [4.78, 5) is 0. The van der Waals surface area contributed by atoms with Crippen molar-refractivity contribution in [3.05, 3.63) is 32.4 Å². The van der Waals surface area contributed by atoms with Crippen molar-refractivity contribution in [3.8, 4) is 0 Å². The van der Waals surface area contributed by atoms with Gasteiger partial charge in [0.1, 0.15) is 0 Å². The Morgan fingerprint density at radius 3 is 3.00 bits per heavy atom. The van der Waals surface area contributed by atoms with Crippen LogP contribution in [-0.4, -0.2) is 18.3 Å². The minimum absolute atomic E-state index is 0.746. The maximum absolute atomic E-state index is 5.10. The molecule has 1 aromatic heterocycles. The number of benzene rings is 1. The molecule has 0 spiro atoms. The normalized spacial score (nSPS) is 11.1. The van der Waals surface area contributed by atoms with Gasteiger partial charge in [-0.05, 0) is 40.8 Å². The fraction of sp³-hybridized carbons (Fsp3) is 0.273. The zero-order valence-corrected chi connectivity index (χ0v) is 12.1. The lowest BCUT2D eigenvalue weighted by molar-refractivity contribution is 0.188. The molecule has 0 amide bonds. The largest absolute Gasteiger partial charge is 0.383 e. The van der Waals surface area contributed by atoms with Gasteiger partial charge in [0.2, 0.25) is 0 Å². The van der Waals surface area contributed by atoms with E-state index in [2.05, 4.69) is 67.5 Å². The fourth-order valence-corrected chi connectivity index (χ4v) is 2.73. The van der Waals surface area contributed by atoms with Gasteiger partial charge in [-0.15, -0.1) is 0 Å². The molecular weight excluding hydrogens is 369 g/mol. The Hall–Kier alpha value is -0.0700. The molecule has 0 bridgehead atoms. The molecule has 2 rings (SSSR count). The summed E-state index contributed by atoms with van der Waals surface area (Å²) in [7, 11) is 1.73. The zero-order chi connectivity index (χ0) is 10.8. The van der Waals surface area contributed by atoms with Gasteiger partial charge >= 0.3 is 0 Å². The van der Waals surface area contributed by atoms with E-state index in [-0.39, 0.29) is 0 Å². The molecule has 1 heterocycles. The van der Waals surface area contributed by atoms with E-state index in [0.29, 0.717) is 0 Å². The zero-order valence-electron chi connectivity index (χ0n) is 8.34. The number of methoxy groups -OCH3 is 1. The van der Waals surface area contributed by atoms with Gasteiger partial charge in [0, 0.05) is 38.8 Å². The van der Waals surface area contributed by atoms with Crippen molar-refractivity contribution in [1.82, 2.24) is 4.57 Å². The first-order valence-corrected chi connectivity index (χ1v) is 6.52. The van der Waals surface area contributed by atoms with E-state index in [1.807, 2.05) is 0 Å². The number of ether oxygens (including phenoxy) is 1. The van der Waals surface area contributed by atoms with Crippen LogP contribution in [0.25, 0.3) is 10.9 Å². The summed E-state index contributed by atoms with van der Waals surface area (Å²) >= 11 is 5.86. The highest BCUT2D eigenvalue weighted by atomic mass is 127. The summed E-state index contributed by atoms with van der Waals surface area (Å²) < 4.78 is 9.72. The van der Waals surface area contributed by atoms with Crippen LogP contribution in [-0.2, 0) is 11.3 Å². The lowest BCUT2D eigenvalue weighted by atomic mass is 10.2. The molecule has 15 heavy (non-hydrogen) atoms. The lowest BCUT2D eigenvalue weighted by Crippen LogP contribution is -2.02. The van der Waals surface area contributed by atoms with E-state index in [9.17, 15) is 0 Å². The Labute approximate surface area is 111 Å². The van der Waals surface area contributed by atoms with Gasteiger partial charge in [0.15, 0.2) is 0 Å². The smallest absolute Gasteiger partial charge is 0.0641 e. The number of hydrogen-bond donors (Lipinski definition) is 0. The highest BCUT2D eigenvalue weighted by molar-refractivity contribution is 14.1. The third-order valence-electron chi connectivity index (χ3n) is 2.33. The second-order valence-corrected chi connectivity index (χ2v) is 5.40. The standard InChI is InChI=1S/C11H11BrINO/c1-15-5-4-14-7-10(13)9-6-8(12)2-3-11(9)14/h2-3,6-7H,4-5H2,1H3. The number of aromatic nitrogens is 1. The summed E-state index contributed by atoms with van der Waals surface area (Å²) in [6.07, 6.45) is 2.16. The minimum Gasteiger partial charge on any atom is -0.383 e. The summed E-state index contributed by atoms with van der Waals surface area (Å²) in [5.74, 6) is 0. The van der Waals surface area contributed by atoms with Gasteiger partial charge < -0.3 is 9.30 Å². The number of nitrogens with zero attached hydrogens (tertiary/aromatic N) is 1. The van der Waals surface area contributed by atoms with Crippen LogP contribution < -0.4 is 0 Å². The molecule has 0 aliphatic carbocycles. The number of fused-ring (bicyclic) bond motifs is 1. The van der Waals surface area contributed by atoms with Gasteiger partial charge in [-0.2, -0.15) is 0 Å². The third kappa shape index (κ3) is 2.37. The van der Waals surface area contributed by atoms with E-state index < -0.39 is 0 Å². The van der Waals surface area contributed by atoms with Gasteiger partial charge in [-0.3, -0.25) is 0 Å². The quantitative estimate of drug-likeness (QED) is 0.742. The molecule has 0 atom stereocenters. The molecule has 0 aliphatic heterocycles. The van der Waals surface area contributed by atoms with Crippen molar-refractivity contribution < 1.29 is 4.74 Å². The predicted octanol–water partition coefficient (Wildman–Crippen LogP) is 3.65. The molecule has 0 radical (unpaired) electrons. The van der Waals surface area contributed by atoms with Crippen LogP contribution in [0.4, 0.5) is 0 Å². The maximum Gasteiger partial charge on any atom is 0.0641 e. The average Bonchev–Trinajstić information content (AvgIpc) is 2.53.